The maximum atomic E-state index is 14.2. The molecule has 3 aromatic rings. The second-order valence-electron chi connectivity index (χ2n) is 8.08. The highest BCUT2D eigenvalue weighted by atomic mass is 32.2. The third-order valence-corrected chi connectivity index (χ3v) is 7.26. The van der Waals surface area contributed by atoms with E-state index in [0.717, 1.165) is 46.5 Å². The van der Waals surface area contributed by atoms with Crippen molar-refractivity contribution in [2.45, 2.75) is 44.0 Å². The van der Waals surface area contributed by atoms with Gasteiger partial charge in [-0.25, -0.2) is 9.37 Å². The lowest BCUT2D eigenvalue weighted by Crippen LogP contribution is -2.36. The number of halogens is 1. The molecule has 0 radical (unpaired) electrons. The second-order valence-corrected chi connectivity index (χ2v) is 9.88. The Bertz CT molecular complexity index is 1230. The first kappa shape index (κ1) is 22.9. The van der Waals surface area contributed by atoms with Gasteiger partial charge in [0.15, 0.2) is 5.03 Å². The fourth-order valence-electron chi connectivity index (χ4n) is 3.92. The van der Waals surface area contributed by atoms with Crippen LogP contribution in [0.25, 0.3) is 0 Å². The van der Waals surface area contributed by atoms with Crippen LogP contribution >= 0.6 is 0 Å². The van der Waals surface area contributed by atoms with Crippen LogP contribution in [0, 0.1) is 0 Å². The van der Waals surface area contributed by atoms with Crippen LogP contribution in [0.3, 0.4) is 0 Å². The quantitative estimate of drug-likeness (QED) is 0.432. The van der Waals surface area contributed by atoms with E-state index < -0.39 is 16.2 Å². The fraction of sp³-hybridized carbons (Fsp3) is 0.280. The van der Waals surface area contributed by atoms with Gasteiger partial charge < -0.3 is 4.74 Å². The minimum Gasteiger partial charge on any atom is -0.487 e. The summed E-state index contributed by atoms with van der Waals surface area (Å²) in [5.41, 5.74) is 3.83. The topological polar surface area (TPSA) is 76.6 Å². The van der Waals surface area contributed by atoms with E-state index in [0.29, 0.717) is 17.0 Å². The molecule has 4 rings (SSSR count). The Balaban J connectivity index is 1.75. The largest absolute Gasteiger partial charge is 0.487 e. The van der Waals surface area contributed by atoms with Gasteiger partial charge in [-0.1, -0.05) is 30.3 Å². The molecule has 0 aliphatic heterocycles. The normalized spacial score (nSPS) is 13.9. The number of anilines is 1. The van der Waals surface area contributed by atoms with Gasteiger partial charge in [0.25, 0.3) is 10.0 Å². The molecule has 8 heteroatoms. The van der Waals surface area contributed by atoms with Gasteiger partial charge in [0, 0.05) is 11.8 Å². The summed E-state index contributed by atoms with van der Waals surface area (Å²) in [6.07, 6.45) is 3.44. The molecule has 1 heterocycles. The minimum absolute atomic E-state index is 0.151. The van der Waals surface area contributed by atoms with Gasteiger partial charge in [0.2, 0.25) is 0 Å². The molecule has 1 aliphatic carbocycles. The zero-order valence-corrected chi connectivity index (χ0v) is 19.1. The van der Waals surface area contributed by atoms with Crippen LogP contribution in [0.5, 0.6) is 5.75 Å². The Kier molecular flexibility index (Phi) is 6.74. The summed E-state index contributed by atoms with van der Waals surface area (Å²) in [7, 11) is -4.12. The van der Waals surface area contributed by atoms with E-state index in [2.05, 4.69) is 4.98 Å². The van der Waals surface area contributed by atoms with Crippen LogP contribution in [0.4, 0.5) is 10.1 Å². The summed E-state index contributed by atoms with van der Waals surface area (Å²) >= 11 is 0. The van der Waals surface area contributed by atoms with Crippen LogP contribution in [0.2, 0.25) is 0 Å². The molecule has 2 aromatic carbocycles. The number of carbonyl (C=O) groups excluding carboxylic acids is 1. The molecule has 6 nitrogen and oxygen atoms in total. The zero-order valence-electron chi connectivity index (χ0n) is 18.3. The van der Waals surface area contributed by atoms with Crippen molar-refractivity contribution in [3.05, 3.63) is 83.0 Å². The molecule has 0 spiro atoms. The summed E-state index contributed by atoms with van der Waals surface area (Å²) < 4.78 is 48.3. The highest BCUT2D eigenvalue weighted by Crippen LogP contribution is 2.38. The number of sulfonamides is 1. The van der Waals surface area contributed by atoms with Crippen LogP contribution in [-0.4, -0.2) is 32.4 Å². The number of aromatic nitrogens is 1. The van der Waals surface area contributed by atoms with Gasteiger partial charge in [0.05, 0.1) is 12.2 Å². The Morgan fingerprint density at radius 2 is 1.85 bits per heavy atom. The molecule has 0 bridgehead atoms. The van der Waals surface area contributed by atoms with Gasteiger partial charge in [-0.05, 0) is 67.1 Å². The third kappa shape index (κ3) is 5.06. The number of pyridine rings is 1. The first-order valence-corrected chi connectivity index (χ1v) is 12.2. The molecule has 1 unspecified atom stereocenters. The summed E-state index contributed by atoms with van der Waals surface area (Å²) in [4.78, 5) is 14.9. The summed E-state index contributed by atoms with van der Waals surface area (Å²) in [5, 5.41) is -0.151. The van der Waals surface area contributed by atoms with Gasteiger partial charge in [0.1, 0.15) is 24.8 Å². The number of hydrogen-bond donors (Lipinski definition) is 0. The van der Waals surface area contributed by atoms with Gasteiger partial charge in [-0.2, -0.15) is 8.42 Å². The van der Waals surface area contributed by atoms with Crippen molar-refractivity contribution in [1.82, 2.24) is 4.98 Å². The van der Waals surface area contributed by atoms with Crippen molar-refractivity contribution < 1.29 is 22.3 Å². The van der Waals surface area contributed by atoms with Crippen molar-refractivity contribution in [2.24, 2.45) is 0 Å². The first-order valence-electron chi connectivity index (χ1n) is 10.8. The lowest BCUT2D eigenvalue weighted by Gasteiger charge is -2.27. The van der Waals surface area contributed by atoms with Crippen LogP contribution in [0.15, 0.2) is 65.8 Å². The first-order chi connectivity index (χ1) is 15.9. The number of benzene rings is 2. The molecule has 0 N–H and O–H groups in total. The van der Waals surface area contributed by atoms with E-state index in [1.54, 1.807) is 42.5 Å². The van der Waals surface area contributed by atoms with Gasteiger partial charge >= 0.3 is 0 Å². The van der Waals surface area contributed by atoms with E-state index in [1.807, 2.05) is 6.07 Å². The fourth-order valence-corrected chi connectivity index (χ4v) is 5.39. The Labute approximate surface area is 193 Å². The van der Waals surface area contributed by atoms with E-state index in [-0.39, 0.29) is 18.2 Å². The summed E-state index contributed by atoms with van der Waals surface area (Å²) in [6.45, 7) is 1.14. The van der Waals surface area contributed by atoms with Gasteiger partial charge in [-0.15, -0.1) is 0 Å². The molecular weight excluding hydrogens is 443 g/mol. The van der Waals surface area contributed by atoms with Crippen molar-refractivity contribution in [3.8, 4) is 5.75 Å². The lowest BCUT2D eigenvalue weighted by molar-refractivity contribution is 0.112. The van der Waals surface area contributed by atoms with E-state index >= 15 is 0 Å². The maximum Gasteiger partial charge on any atom is 0.282 e. The number of carbonyl (C=O) groups is 1. The molecule has 172 valence electrons. The highest BCUT2D eigenvalue weighted by molar-refractivity contribution is 7.92. The Hall–Kier alpha value is -3.26. The number of aldehydes is 1. The minimum atomic E-state index is -4.12. The number of alkyl halides is 1. The molecule has 1 atom stereocenters. The Morgan fingerprint density at radius 3 is 2.48 bits per heavy atom. The third-order valence-electron chi connectivity index (χ3n) is 5.56. The highest BCUT2D eigenvalue weighted by Gasteiger charge is 2.31. The molecule has 0 saturated heterocycles. The number of ether oxygens (including phenoxy) is 1. The molecule has 1 aromatic heterocycles. The number of rotatable bonds is 9. The maximum absolute atomic E-state index is 14.2. The Morgan fingerprint density at radius 1 is 1.12 bits per heavy atom. The standard InChI is InChI=1S/C25H25FN2O4S/c1-18(26)15-28(33(30,31)25-7-2-3-12-27-25)23-13-21-5-4-6-22(21)14-24(23)32-17-20-10-8-19(16-29)9-11-20/h2-3,7-14,16,18H,4-6,15,17H2,1H3. The smallest absolute Gasteiger partial charge is 0.282 e. The van der Waals surface area contributed by atoms with Gasteiger partial charge in [-0.3, -0.25) is 9.10 Å². The predicted octanol–water partition coefficient (Wildman–Crippen LogP) is 4.52. The number of hydrogen-bond acceptors (Lipinski definition) is 5. The zero-order chi connectivity index (χ0) is 23.4. The second kappa shape index (κ2) is 9.70. The van der Waals surface area contributed by atoms with Crippen molar-refractivity contribution in [1.29, 1.82) is 0 Å². The molecule has 0 fully saturated rings. The van der Waals surface area contributed by atoms with Crippen LogP contribution in [0.1, 0.15) is 40.4 Å². The molecule has 33 heavy (non-hydrogen) atoms. The molecule has 0 saturated carbocycles. The van der Waals surface area contributed by atoms with Crippen LogP contribution in [-0.2, 0) is 29.5 Å². The monoisotopic (exact) mass is 468 g/mol. The van der Waals surface area contributed by atoms with Crippen molar-refractivity contribution in [2.75, 3.05) is 10.8 Å². The van der Waals surface area contributed by atoms with E-state index in [1.165, 1.54) is 19.2 Å². The van der Waals surface area contributed by atoms with Crippen molar-refractivity contribution >= 4 is 22.0 Å². The number of aryl methyl sites for hydroxylation is 2. The predicted molar refractivity (Wildman–Crippen MR) is 124 cm³/mol. The average Bonchev–Trinajstić information content (AvgIpc) is 3.29. The van der Waals surface area contributed by atoms with E-state index in [4.69, 9.17) is 4.74 Å². The SMILES string of the molecule is CC(F)CN(c1cc2c(cc1OCc1ccc(C=O)cc1)CCC2)S(=O)(=O)c1ccccn1. The van der Waals surface area contributed by atoms with Crippen LogP contribution < -0.4 is 9.04 Å². The molecule has 1 aliphatic rings. The molecular formula is C25H25FN2O4S. The summed E-state index contributed by atoms with van der Waals surface area (Å²) in [6, 6.07) is 15.2. The molecule has 0 amide bonds. The van der Waals surface area contributed by atoms with E-state index in [9.17, 15) is 17.6 Å². The summed E-state index contributed by atoms with van der Waals surface area (Å²) in [5.74, 6) is 0.371. The average molecular weight is 469 g/mol. The van der Waals surface area contributed by atoms with Crippen molar-refractivity contribution in [3.63, 3.8) is 0 Å². The number of nitrogens with zero attached hydrogens (tertiary/aromatic N) is 2. The number of fused-ring (bicyclic) bond motifs is 1. The lowest BCUT2D eigenvalue weighted by atomic mass is 10.1.